The summed E-state index contributed by atoms with van der Waals surface area (Å²) >= 11 is 0. The van der Waals surface area contributed by atoms with Gasteiger partial charge in [-0.25, -0.2) is 4.39 Å². The van der Waals surface area contributed by atoms with Crippen molar-refractivity contribution in [2.75, 3.05) is 13.7 Å². The first kappa shape index (κ1) is 17.1. The van der Waals surface area contributed by atoms with Crippen LogP contribution in [0, 0.1) is 19.7 Å². The molecular weight excluding hydrogens is 253 g/mol. The summed E-state index contributed by atoms with van der Waals surface area (Å²) in [7, 11) is 1.70. The van der Waals surface area contributed by atoms with Gasteiger partial charge in [-0.05, 0) is 64.3 Å². The minimum absolute atomic E-state index is 0.0227. The highest BCUT2D eigenvalue weighted by atomic mass is 19.1. The normalized spacial score (nSPS) is 13.6. The highest BCUT2D eigenvalue weighted by molar-refractivity contribution is 5.34. The first-order chi connectivity index (χ1) is 9.30. The fraction of sp³-hybridized carbons (Fsp3) is 0.647. The monoisotopic (exact) mass is 281 g/mol. The molecule has 20 heavy (non-hydrogen) atoms. The van der Waals surface area contributed by atoms with E-state index in [9.17, 15) is 4.39 Å². The Hall–Kier alpha value is -0.930. The summed E-state index contributed by atoms with van der Waals surface area (Å²) in [5, 5.41) is 3.46. The van der Waals surface area contributed by atoms with Crippen LogP contribution in [-0.4, -0.2) is 19.3 Å². The van der Waals surface area contributed by atoms with Crippen LogP contribution in [0.1, 0.15) is 56.3 Å². The number of benzene rings is 1. The fourth-order valence-electron chi connectivity index (χ4n) is 2.54. The molecule has 0 bridgehead atoms. The van der Waals surface area contributed by atoms with Gasteiger partial charge >= 0.3 is 0 Å². The molecule has 2 nitrogen and oxygen atoms in total. The van der Waals surface area contributed by atoms with Crippen molar-refractivity contribution >= 4 is 0 Å². The minimum atomic E-state index is -0.283. The zero-order valence-electron chi connectivity index (χ0n) is 13.6. The van der Waals surface area contributed by atoms with Crippen LogP contribution in [-0.2, 0) is 4.74 Å². The van der Waals surface area contributed by atoms with Gasteiger partial charge in [0.25, 0.3) is 0 Å². The molecule has 0 spiro atoms. The van der Waals surface area contributed by atoms with Crippen molar-refractivity contribution < 1.29 is 9.13 Å². The van der Waals surface area contributed by atoms with E-state index in [0.29, 0.717) is 0 Å². The first-order valence-electron chi connectivity index (χ1n) is 7.36. The Morgan fingerprint density at radius 3 is 2.45 bits per heavy atom. The van der Waals surface area contributed by atoms with Gasteiger partial charge in [-0.1, -0.05) is 13.0 Å². The number of hydrogen-bond donors (Lipinski definition) is 1. The lowest BCUT2D eigenvalue weighted by Crippen LogP contribution is -2.33. The molecule has 0 fully saturated rings. The molecule has 0 radical (unpaired) electrons. The van der Waals surface area contributed by atoms with Crippen LogP contribution in [0.4, 0.5) is 4.39 Å². The summed E-state index contributed by atoms with van der Waals surface area (Å²) in [6.07, 6.45) is 1.76. The lowest BCUT2D eigenvalue weighted by molar-refractivity contribution is 0.00654. The van der Waals surface area contributed by atoms with Gasteiger partial charge in [0.2, 0.25) is 0 Å². The SMILES string of the molecule is CCCNC(CC(C)(C)OC)c1c(C)cc(C)cc1F. The number of rotatable bonds is 7. The van der Waals surface area contributed by atoms with E-state index in [2.05, 4.69) is 12.2 Å². The number of ether oxygens (including phenoxy) is 1. The van der Waals surface area contributed by atoms with Crippen molar-refractivity contribution in [1.29, 1.82) is 0 Å². The van der Waals surface area contributed by atoms with Gasteiger partial charge in [-0.3, -0.25) is 0 Å². The van der Waals surface area contributed by atoms with E-state index in [1.165, 1.54) is 0 Å². The maximum Gasteiger partial charge on any atom is 0.128 e. The van der Waals surface area contributed by atoms with Gasteiger partial charge < -0.3 is 10.1 Å². The maximum atomic E-state index is 14.4. The zero-order valence-corrected chi connectivity index (χ0v) is 13.6. The summed E-state index contributed by atoms with van der Waals surface area (Å²) in [6.45, 7) is 11.0. The van der Waals surface area contributed by atoms with Gasteiger partial charge in [0, 0.05) is 18.7 Å². The van der Waals surface area contributed by atoms with Crippen LogP contribution in [0.2, 0.25) is 0 Å². The molecule has 114 valence electrons. The van der Waals surface area contributed by atoms with E-state index in [1.54, 1.807) is 13.2 Å². The molecule has 1 atom stereocenters. The molecular formula is C17H28FNO. The van der Waals surface area contributed by atoms with Gasteiger partial charge in [0.15, 0.2) is 0 Å². The molecule has 1 N–H and O–H groups in total. The predicted octanol–water partition coefficient (Wildman–Crippen LogP) is 4.30. The van der Waals surface area contributed by atoms with Crippen molar-refractivity contribution in [2.45, 2.75) is 59.1 Å². The quantitative estimate of drug-likeness (QED) is 0.804. The van der Waals surface area contributed by atoms with E-state index in [-0.39, 0.29) is 17.5 Å². The van der Waals surface area contributed by atoms with Gasteiger partial charge in [-0.15, -0.1) is 0 Å². The number of halogens is 1. The number of nitrogens with one attached hydrogen (secondary N) is 1. The molecule has 0 amide bonds. The average Bonchev–Trinajstić information content (AvgIpc) is 2.34. The van der Waals surface area contributed by atoms with Crippen LogP contribution >= 0.6 is 0 Å². The van der Waals surface area contributed by atoms with Crippen LogP contribution in [0.25, 0.3) is 0 Å². The highest BCUT2D eigenvalue weighted by Gasteiger charge is 2.26. The Morgan fingerprint density at radius 1 is 1.30 bits per heavy atom. The third-order valence-corrected chi connectivity index (χ3v) is 3.72. The topological polar surface area (TPSA) is 21.3 Å². The average molecular weight is 281 g/mol. The van der Waals surface area contributed by atoms with E-state index in [0.717, 1.165) is 36.1 Å². The molecule has 1 aromatic carbocycles. The second-order valence-corrected chi connectivity index (χ2v) is 6.15. The van der Waals surface area contributed by atoms with Crippen LogP contribution < -0.4 is 5.32 Å². The standard InChI is InChI=1S/C17H28FNO/c1-7-8-19-15(11-17(4,5)20-6)16-13(3)9-12(2)10-14(16)18/h9-10,15,19H,7-8,11H2,1-6H3. The molecule has 0 aliphatic heterocycles. The van der Waals surface area contributed by atoms with E-state index < -0.39 is 0 Å². The molecule has 0 saturated heterocycles. The van der Waals surface area contributed by atoms with Crippen LogP contribution in [0.15, 0.2) is 12.1 Å². The second-order valence-electron chi connectivity index (χ2n) is 6.15. The number of hydrogen-bond acceptors (Lipinski definition) is 2. The van der Waals surface area contributed by atoms with Gasteiger partial charge in [0.05, 0.1) is 5.60 Å². The Labute approximate surface area is 122 Å². The number of aryl methyl sites for hydroxylation is 2. The Balaban J connectivity index is 3.10. The van der Waals surface area contributed by atoms with Crippen LogP contribution in [0.3, 0.4) is 0 Å². The molecule has 0 heterocycles. The van der Waals surface area contributed by atoms with Crippen molar-refractivity contribution in [3.05, 3.63) is 34.6 Å². The lowest BCUT2D eigenvalue weighted by Gasteiger charge is -2.30. The molecule has 0 saturated carbocycles. The summed E-state index contributed by atoms with van der Waals surface area (Å²) in [5.74, 6) is -0.122. The maximum absolute atomic E-state index is 14.4. The third kappa shape index (κ3) is 4.57. The van der Waals surface area contributed by atoms with E-state index >= 15 is 0 Å². The Bertz CT molecular complexity index is 420. The highest BCUT2D eigenvalue weighted by Crippen LogP contribution is 2.30. The van der Waals surface area contributed by atoms with Gasteiger partial charge in [-0.2, -0.15) is 0 Å². The second kappa shape index (κ2) is 7.19. The fourth-order valence-corrected chi connectivity index (χ4v) is 2.54. The first-order valence-corrected chi connectivity index (χ1v) is 7.36. The van der Waals surface area contributed by atoms with Crippen molar-refractivity contribution in [2.24, 2.45) is 0 Å². The molecule has 0 aliphatic rings. The molecule has 0 aliphatic carbocycles. The van der Waals surface area contributed by atoms with Crippen molar-refractivity contribution in [3.8, 4) is 0 Å². The predicted molar refractivity (Wildman–Crippen MR) is 82.6 cm³/mol. The summed E-state index contributed by atoms with van der Waals surface area (Å²) in [5.41, 5.74) is 2.45. The minimum Gasteiger partial charge on any atom is -0.379 e. The smallest absolute Gasteiger partial charge is 0.128 e. The Morgan fingerprint density at radius 2 is 1.95 bits per heavy atom. The Kier molecular flexibility index (Phi) is 6.15. The molecule has 1 rings (SSSR count). The summed E-state index contributed by atoms with van der Waals surface area (Å²) < 4.78 is 19.9. The summed E-state index contributed by atoms with van der Waals surface area (Å²) in [4.78, 5) is 0. The lowest BCUT2D eigenvalue weighted by atomic mass is 9.90. The van der Waals surface area contributed by atoms with Crippen molar-refractivity contribution in [3.63, 3.8) is 0 Å². The molecule has 1 unspecified atom stereocenters. The molecule has 1 aromatic rings. The number of methoxy groups -OCH3 is 1. The molecule has 0 aromatic heterocycles. The van der Waals surface area contributed by atoms with Crippen LogP contribution in [0.5, 0.6) is 0 Å². The largest absolute Gasteiger partial charge is 0.379 e. The molecule has 3 heteroatoms. The zero-order chi connectivity index (χ0) is 15.3. The van der Waals surface area contributed by atoms with Gasteiger partial charge in [0.1, 0.15) is 5.82 Å². The summed E-state index contributed by atoms with van der Waals surface area (Å²) in [6, 6.07) is 3.63. The third-order valence-electron chi connectivity index (χ3n) is 3.72. The van der Waals surface area contributed by atoms with Crippen molar-refractivity contribution in [1.82, 2.24) is 5.32 Å². The van der Waals surface area contributed by atoms with E-state index in [1.807, 2.05) is 33.8 Å². The van der Waals surface area contributed by atoms with E-state index in [4.69, 9.17) is 4.74 Å².